The molecule has 158 valence electrons. The fourth-order valence-corrected chi connectivity index (χ4v) is 3.38. The van der Waals surface area contributed by atoms with Gasteiger partial charge in [-0.2, -0.15) is 10.2 Å². The number of halogens is 1. The largest absolute Gasteiger partial charge is 0.507 e. The van der Waals surface area contributed by atoms with Crippen LogP contribution in [0, 0.1) is 0 Å². The van der Waals surface area contributed by atoms with E-state index in [-0.39, 0.29) is 18.1 Å². The first-order chi connectivity index (χ1) is 15.6. The number of aromatic hydroxyl groups is 1. The van der Waals surface area contributed by atoms with Gasteiger partial charge in [0.2, 0.25) is 5.91 Å². The lowest BCUT2D eigenvalue weighted by molar-refractivity contribution is -0.120. The van der Waals surface area contributed by atoms with E-state index < -0.39 is 0 Å². The Balaban J connectivity index is 1.44. The molecule has 0 aliphatic heterocycles. The van der Waals surface area contributed by atoms with Gasteiger partial charge >= 0.3 is 0 Å². The number of hydrogen-bond acceptors (Lipinski definition) is 5. The second-order valence-electron chi connectivity index (χ2n) is 7.04. The third-order valence-corrected chi connectivity index (χ3v) is 5.25. The molecule has 7 heteroatoms. The summed E-state index contributed by atoms with van der Waals surface area (Å²) in [5.41, 5.74) is 5.08. The Labute approximate surface area is 193 Å². The van der Waals surface area contributed by atoms with Crippen molar-refractivity contribution in [3.8, 4) is 5.75 Å². The molecule has 0 aromatic heterocycles. The van der Waals surface area contributed by atoms with Gasteiger partial charge in [0.15, 0.2) is 0 Å². The highest BCUT2D eigenvalue weighted by molar-refractivity contribution is 9.10. The zero-order valence-corrected chi connectivity index (χ0v) is 18.5. The number of phenolic OH excluding ortho intramolecular Hbond substituents is 1. The molecular formula is C25H19BrN4O2. The van der Waals surface area contributed by atoms with E-state index >= 15 is 0 Å². The van der Waals surface area contributed by atoms with Gasteiger partial charge in [0, 0.05) is 15.4 Å². The predicted molar refractivity (Wildman–Crippen MR) is 130 cm³/mol. The van der Waals surface area contributed by atoms with Crippen LogP contribution in [0.15, 0.2) is 105 Å². The summed E-state index contributed by atoms with van der Waals surface area (Å²) in [5, 5.41) is 24.8. The average Bonchev–Trinajstić information content (AvgIpc) is 2.81. The minimum Gasteiger partial charge on any atom is -0.507 e. The van der Waals surface area contributed by atoms with E-state index in [2.05, 4.69) is 36.7 Å². The fourth-order valence-electron chi connectivity index (χ4n) is 3.12. The third kappa shape index (κ3) is 5.44. The Bertz CT molecular complexity index is 1310. The van der Waals surface area contributed by atoms with Crippen LogP contribution in [0.2, 0.25) is 0 Å². The zero-order chi connectivity index (χ0) is 22.3. The van der Waals surface area contributed by atoms with Crippen molar-refractivity contribution in [2.75, 3.05) is 0 Å². The van der Waals surface area contributed by atoms with Crippen molar-refractivity contribution in [3.63, 3.8) is 0 Å². The van der Waals surface area contributed by atoms with Crippen LogP contribution in [0.25, 0.3) is 10.8 Å². The van der Waals surface area contributed by atoms with Gasteiger partial charge in [0.1, 0.15) is 5.75 Å². The smallest absolute Gasteiger partial charge is 0.244 e. The maximum atomic E-state index is 12.1. The van der Waals surface area contributed by atoms with E-state index in [9.17, 15) is 9.90 Å². The molecule has 0 unspecified atom stereocenters. The van der Waals surface area contributed by atoms with Crippen LogP contribution in [0.1, 0.15) is 11.1 Å². The van der Waals surface area contributed by atoms with Gasteiger partial charge in [-0.05, 0) is 47.3 Å². The Morgan fingerprint density at radius 3 is 2.56 bits per heavy atom. The first-order valence-electron chi connectivity index (χ1n) is 9.87. The number of nitrogens with one attached hydrogen (secondary N) is 1. The van der Waals surface area contributed by atoms with Crippen molar-refractivity contribution >= 4 is 50.2 Å². The molecule has 0 fully saturated rings. The van der Waals surface area contributed by atoms with Crippen molar-refractivity contribution < 1.29 is 9.90 Å². The summed E-state index contributed by atoms with van der Waals surface area (Å²) >= 11 is 3.36. The molecule has 4 aromatic rings. The summed E-state index contributed by atoms with van der Waals surface area (Å²) in [4.78, 5) is 12.1. The van der Waals surface area contributed by atoms with E-state index in [1.807, 2.05) is 66.7 Å². The number of hydrazone groups is 1. The summed E-state index contributed by atoms with van der Waals surface area (Å²) in [5.74, 6) is -0.227. The van der Waals surface area contributed by atoms with Gasteiger partial charge in [-0.15, -0.1) is 5.11 Å². The number of rotatable bonds is 6. The quantitative estimate of drug-likeness (QED) is 0.187. The van der Waals surface area contributed by atoms with Gasteiger partial charge in [-0.25, -0.2) is 5.43 Å². The fraction of sp³-hybridized carbons (Fsp3) is 0.0400. The highest BCUT2D eigenvalue weighted by Crippen LogP contribution is 2.28. The van der Waals surface area contributed by atoms with Crippen LogP contribution in [-0.2, 0) is 11.2 Å². The molecule has 0 radical (unpaired) electrons. The minimum absolute atomic E-state index is 0.0278. The van der Waals surface area contributed by atoms with Crippen LogP contribution in [0.5, 0.6) is 5.75 Å². The lowest BCUT2D eigenvalue weighted by atomic mass is 10.1. The predicted octanol–water partition coefficient (Wildman–Crippen LogP) is 6.42. The Kier molecular flexibility index (Phi) is 6.67. The highest BCUT2D eigenvalue weighted by atomic mass is 79.9. The van der Waals surface area contributed by atoms with E-state index in [1.54, 1.807) is 12.1 Å². The molecule has 0 atom stereocenters. The molecule has 0 aliphatic carbocycles. The number of benzene rings is 4. The van der Waals surface area contributed by atoms with Crippen LogP contribution >= 0.6 is 15.9 Å². The maximum Gasteiger partial charge on any atom is 0.244 e. The lowest BCUT2D eigenvalue weighted by Crippen LogP contribution is -2.19. The van der Waals surface area contributed by atoms with Crippen molar-refractivity contribution in [2.45, 2.75) is 6.42 Å². The summed E-state index contributed by atoms with van der Waals surface area (Å²) in [6.07, 6.45) is 1.58. The first kappa shape index (κ1) is 21.4. The van der Waals surface area contributed by atoms with Crippen LogP contribution in [-0.4, -0.2) is 17.2 Å². The number of carbonyl (C=O) groups excluding carboxylic acids is 1. The summed E-state index contributed by atoms with van der Waals surface area (Å²) in [6.45, 7) is 0. The number of hydrogen-bond donors (Lipinski definition) is 2. The standard InChI is InChI=1S/C25H19BrN4O2/c26-20-10-8-17(9-11-20)14-25(32)30-27-16-19-15-21(12-13-24(19)31)28-29-23-7-3-5-18-4-1-2-6-22(18)23/h1-13,15-16,31H,14H2,(H,30,32)/b27-16+,29-28?. The summed E-state index contributed by atoms with van der Waals surface area (Å²) < 4.78 is 0.952. The molecule has 0 bridgehead atoms. The first-order valence-corrected chi connectivity index (χ1v) is 10.7. The minimum atomic E-state index is -0.255. The van der Waals surface area contributed by atoms with Gasteiger partial charge in [0.25, 0.3) is 0 Å². The van der Waals surface area contributed by atoms with Gasteiger partial charge in [0.05, 0.1) is 24.0 Å². The number of azo groups is 1. The Hall–Kier alpha value is -3.84. The molecular weight excluding hydrogens is 468 g/mol. The maximum absolute atomic E-state index is 12.1. The molecule has 0 saturated heterocycles. The van der Waals surface area contributed by atoms with Crippen LogP contribution in [0.3, 0.4) is 0 Å². The Morgan fingerprint density at radius 2 is 1.72 bits per heavy atom. The topological polar surface area (TPSA) is 86.4 Å². The van der Waals surface area contributed by atoms with Crippen molar-refractivity contribution in [3.05, 3.63) is 101 Å². The zero-order valence-electron chi connectivity index (χ0n) is 16.9. The molecule has 32 heavy (non-hydrogen) atoms. The third-order valence-electron chi connectivity index (χ3n) is 4.72. The van der Waals surface area contributed by atoms with E-state index in [0.717, 1.165) is 26.5 Å². The second-order valence-corrected chi connectivity index (χ2v) is 7.95. The molecule has 2 N–H and O–H groups in total. The molecule has 0 spiro atoms. The number of fused-ring (bicyclic) bond motifs is 1. The molecule has 1 amide bonds. The van der Waals surface area contributed by atoms with Gasteiger partial charge in [-0.3, -0.25) is 4.79 Å². The van der Waals surface area contributed by atoms with E-state index in [0.29, 0.717) is 11.3 Å². The normalized spacial score (nSPS) is 11.4. The summed E-state index contributed by atoms with van der Waals surface area (Å²) in [7, 11) is 0. The molecule has 0 saturated carbocycles. The van der Waals surface area contributed by atoms with Gasteiger partial charge < -0.3 is 5.11 Å². The Morgan fingerprint density at radius 1 is 0.938 bits per heavy atom. The van der Waals surface area contributed by atoms with Crippen molar-refractivity contribution in [1.29, 1.82) is 0 Å². The highest BCUT2D eigenvalue weighted by Gasteiger charge is 2.04. The monoisotopic (exact) mass is 486 g/mol. The van der Waals surface area contributed by atoms with Crippen LogP contribution in [0.4, 0.5) is 11.4 Å². The number of amides is 1. The van der Waals surface area contributed by atoms with Gasteiger partial charge in [-0.1, -0.05) is 64.5 Å². The molecule has 4 rings (SSSR count). The molecule has 0 aliphatic rings. The average molecular weight is 487 g/mol. The summed E-state index contributed by atoms with van der Waals surface area (Å²) in [6, 6.07) is 26.1. The molecule has 6 nitrogen and oxygen atoms in total. The number of nitrogens with zero attached hydrogens (tertiary/aromatic N) is 3. The number of phenols is 1. The van der Waals surface area contributed by atoms with Crippen molar-refractivity contribution in [2.24, 2.45) is 15.3 Å². The lowest BCUT2D eigenvalue weighted by Gasteiger charge is -2.03. The molecule has 4 aromatic carbocycles. The molecule has 0 heterocycles. The van der Waals surface area contributed by atoms with Crippen molar-refractivity contribution in [1.82, 2.24) is 5.43 Å². The van der Waals surface area contributed by atoms with Crippen LogP contribution < -0.4 is 5.43 Å². The number of carbonyl (C=O) groups is 1. The SMILES string of the molecule is O=C(Cc1ccc(Br)cc1)N/N=C/c1cc(N=Nc2cccc3ccccc23)ccc1O. The van der Waals surface area contributed by atoms with E-state index in [4.69, 9.17) is 0 Å². The second kappa shape index (κ2) is 9.98. The van der Waals surface area contributed by atoms with E-state index in [1.165, 1.54) is 12.3 Å².